The Labute approximate surface area is 102 Å². The number of hydrogen-bond donors (Lipinski definition) is 2. The third-order valence-electron chi connectivity index (χ3n) is 3.20. The molecule has 0 fully saturated rings. The molecule has 2 N–H and O–H groups in total. The molecule has 1 aromatic carbocycles. The number of likely N-dealkylation sites (N-methyl/N-ethyl adjacent to an activating group) is 2. The number of benzene rings is 1. The van der Waals surface area contributed by atoms with Gasteiger partial charge in [-0.3, -0.25) is 0 Å². The van der Waals surface area contributed by atoms with Crippen LogP contribution < -0.4 is 10.1 Å². The van der Waals surface area contributed by atoms with Gasteiger partial charge in [-0.1, -0.05) is 6.92 Å². The minimum atomic E-state index is 0.219. The molecule has 0 aromatic heterocycles. The fourth-order valence-electron chi connectivity index (χ4n) is 2.44. The first kappa shape index (κ1) is 12.2. The fraction of sp³-hybridized carbons (Fsp3) is 0.538. The Morgan fingerprint density at radius 2 is 2.29 bits per heavy atom. The normalized spacial score (nSPS) is 20.1. The molecule has 0 bridgehead atoms. The molecule has 0 saturated carbocycles. The van der Waals surface area contributed by atoms with Gasteiger partial charge in [0.2, 0.25) is 0 Å². The third kappa shape index (κ3) is 2.37. The lowest BCUT2D eigenvalue weighted by molar-refractivity contribution is 0.260. The lowest BCUT2D eigenvalue weighted by Gasteiger charge is -2.33. The molecule has 1 aromatic rings. The smallest absolute Gasteiger partial charge is 0.160 e. The summed E-state index contributed by atoms with van der Waals surface area (Å²) in [6, 6.07) is 4.07. The molecule has 4 nitrogen and oxygen atoms in total. The molecular weight excluding hydrogens is 216 g/mol. The first-order valence-corrected chi connectivity index (χ1v) is 5.97. The van der Waals surface area contributed by atoms with Crippen molar-refractivity contribution in [1.29, 1.82) is 0 Å². The molecule has 1 aliphatic rings. The second kappa shape index (κ2) is 4.94. The SMILES string of the molecule is CCNC1CN(C)Cc2cc(O)c(OC)cc21. The second-order valence-electron chi connectivity index (χ2n) is 4.53. The number of phenolic OH excluding ortho intramolecular Hbond substituents is 1. The molecule has 2 rings (SSSR count). The van der Waals surface area contributed by atoms with Gasteiger partial charge in [0.05, 0.1) is 7.11 Å². The quantitative estimate of drug-likeness (QED) is 0.834. The van der Waals surface area contributed by atoms with E-state index in [0.717, 1.165) is 19.6 Å². The molecule has 94 valence electrons. The Balaban J connectivity index is 2.41. The third-order valence-corrected chi connectivity index (χ3v) is 3.20. The fourth-order valence-corrected chi connectivity index (χ4v) is 2.44. The van der Waals surface area contributed by atoms with Crippen LogP contribution in [0.5, 0.6) is 11.5 Å². The molecule has 17 heavy (non-hydrogen) atoms. The highest BCUT2D eigenvalue weighted by Gasteiger charge is 2.24. The minimum Gasteiger partial charge on any atom is -0.504 e. The van der Waals surface area contributed by atoms with Crippen LogP contribution in [-0.4, -0.2) is 37.3 Å². The number of ether oxygens (including phenoxy) is 1. The Morgan fingerprint density at radius 1 is 1.53 bits per heavy atom. The van der Waals surface area contributed by atoms with Gasteiger partial charge in [0.1, 0.15) is 0 Å². The zero-order chi connectivity index (χ0) is 12.4. The summed E-state index contributed by atoms with van der Waals surface area (Å²) in [5.41, 5.74) is 2.41. The van der Waals surface area contributed by atoms with Crippen LogP contribution in [0.4, 0.5) is 0 Å². The standard InChI is InChI=1S/C13H20N2O2/c1-4-14-11-8-15(2)7-9-5-12(16)13(17-3)6-10(9)11/h5-6,11,14,16H,4,7-8H2,1-3H3. The van der Waals surface area contributed by atoms with E-state index in [0.29, 0.717) is 11.8 Å². The number of fused-ring (bicyclic) bond motifs is 1. The van der Waals surface area contributed by atoms with Gasteiger partial charge in [-0.25, -0.2) is 0 Å². The van der Waals surface area contributed by atoms with Crippen LogP contribution in [0.25, 0.3) is 0 Å². The van der Waals surface area contributed by atoms with Gasteiger partial charge in [-0.2, -0.15) is 0 Å². The van der Waals surface area contributed by atoms with E-state index in [1.807, 2.05) is 12.1 Å². The summed E-state index contributed by atoms with van der Waals surface area (Å²) in [5.74, 6) is 0.771. The molecule has 0 radical (unpaired) electrons. The lowest BCUT2D eigenvalue weighted by atomic mass is 9.95. The average molecular weight is 236 g/mol. The van der Waals surface area contributed by atoms with E-state index in [4.69, 9.17) is 4.74 Å². The molecule has 0 spiro atoms. The van der Waals surface area contributed by atoms with Crippen molar-refractivity contribution >= 4 is 0 Å². The van der Waals surface area contributed by atoms with Crippen LogP contribution in [0.1, 0.15) is 24.1 Å². The molecule has 4 heteroatoms. The van der Waals surface area contributed by atoms with E-state index in [1.165, 1.54) is 11.1 Å². The summed E-state index contributed by atoms with van der Waals surface area (Å²) < 4.78 is 5.17. The molecule has 1 unspecified atom stereocenters. The van der Waals surface area contributed by atoms with Crippen LogP contribution >= 0.6 is 0 Å². The first-order valence-electron chi connectivity index (χ1n) is 5.97. The predicted octanol–water partition coefficient (Wildman–Crippen LogP) is 1.50. The summed E-state index contributed by atoms with van der Waals surface area (Å²) in [6.07, 6.45) is 0. The van der Waals surface area contributed by atoms with Gasteiger partial charge in [0.15, 0.2) is 11.5 Å². The Hall–Kier alpha value is -1.26. The van der Waals surface area contributed by atoms with E-state index < -0.39 is 0 Å². The molecule has 0 aliphatic carbocycles. The number of nitrogens with zero attached hydrogens (tertiary/aromatic N) is 1. The van der Waals surface area contributed by atoms with Crippen molar-refractivity contribution in [3.63, 3.8) is 0 Å². The van der Waals surface area contributed by atoms with Crippen LogP contribution in [0.2, 0.25) is 0 Å². The monoisotopic (exact) mass is 236 g/mol. The molecule has 0 amide bonds. The average Bonchev–Trinajstić information content (AvgIpc) is 2.28. The van der Waals surface area contributed by atoms with Gasteiger partial charge in [-0.05, 0) is 36.9 Å². The molecule has 0 saturated heterocycles. The van der Waals surface area contributed by atoms with Crippen molar-refractivity contribution in [3.05, 3.63) is 23.3 Å². The van der Waals surface area contributed by atoms with Gasteiger partial charge in [0, 0.05) is 19.1 Å². The second-order valence-corrected chi connectivity index (χ2v) is 4.53. The van der Waals surface area contributed by atoms with E-state index in [2.05, 4.69) is 24.2 Å². The van der Waals surface area contributed by atoms with Gasteiger partial charge >= 0.3 is 0 Å². The highest BCUT2D eigenvalue weighted by atomic mass is 16.5. The van der Waals surface area contributed by atoms with E-state index in [1.54, 1.807) is 7.11 Å². The van der Waals surface area contributed by atoms with Crippen molar-refractivity contribution in [1.82, 2.24) is 10.2 Å². The number of aromatic hydroxyl groups is 1. The van der Waals surface area contributed by atoms with Crippen molar-refractivity contribution in [2.45, 2.75) is 19.5 Å². The zero-order valence-corrected chi connectivity index (χ0v) is 10.7. The molecule has 1 atom stereocenters. The summed E-state index contributed by atoms with van der Waals surface area (Å²) in [4.78, 5) is 2.25. The Morgan fingerprint density at radius 3 is 2.94 bits per heavy atom. The van der Waals surface area contributed by atoms with E-state index in [-0.39, 0.29) is 5.75 Å². The highest BCUT2D eigenvalue weighted by molar-refractivity contribution is 5.48. The summed E-state index contributed by atoms with van der Waals surface area (Å²) in [6.45, 7) is 4.89. The molecule has 1 aliphatic heterocycles. The summed E-state index contributed by atoms with van der Waals surface area (Å²) in [7, 11) is 3.67. The van der Waals surface area contributed by atoms with Crippen molar-refractivity contribution in [2.24, 2.45) is 0 Å². The predicted molar refractivity (Wildman–Crippen MR) is 67.4 cm³/mol. The van der Waals surface area contributed by atoms with E-state index in [9.17, 15) is 5.11 Å². The van der Waals surface area contributed by atoms with Crippen LogP contribution in [0, 0.1) is 0 Å². The van der Waals surface area contributed by atoms with E-state index >= 15 is 0 Å². The number of phenols is 1. The Bertz CT molecular complexity index is 407. The molecule has 1 heterocycles. The topological polar surface area (TPSA) is 44.7 Å². The maximum absolute atomic E-state index is 9.81. The zero-order valence-electron chi connectivity index (χ0n) is 10.7. The number of nitrogens with one attached hydrogen (secondary N) is 1. The van der Waals surface area contributed by atoms with Gasteiger partial charge < -0.3 is 20.1 Å². The van der Waals surface area contributed by atoms with Crippen LogP contribution in [0.15, 0.2) is 12.1 Å². The number of rotatable bonds is 3. The number of hydrogen-bond acceptors (Lipinski definition) is 4. The van der Waals surface area contributed by atoms with Crippen LogP contribution in [0.3, 0.4) is 0 Å². The van der Waals surface area contributed by atoms with Gasteiger partial charge in [0.25, 0.3) is 0 Å². The van der Waals surface area contributed by atoms with Crippen molar-refractivity contribution in [2.75, 3.05) is 27.2 Å². The highest BCUT2D eigenvalue weighted by Crippen LogP contribution is 2.35. The largest absolute Gasteiger partial charge is 0.504 e. The summed E-state index contributed by atoms with van der Waals surface area (Å²) in [5, 5.41) is 13.3. The van der Waals surface area contributed by atoms with Crippen molar-refractivity contribution < 1.29 is 9.84 Å². The van der Waals surface area contributed by atoms with Gasteiger partial charge in [-0.15, -0.1) is 0 Å². The molecular formula is C13H20N2O2. The van der Waals surface area contributed by atoms with Crippen LogP contribution in [-0.2, 0) is 6.54 Å². The lowest BCUT2D eigenvalue weighted by Crippen LogP contribution is -2.37. The van der Waals surface area contributed by atoms with Crippen molar-refractivity contribution in [3.8, 4) is 11.5 Å². The maximum atomic E-state index is 9.81. The first-order chi connectivity index (χ1) is 8.15. The Kier molecular flexibility index (Phi) is 3.54. The maximum Gasteiger partial charge on any atom is 0.160 e. The minimum absolute atomic E-state index is 0.219. The summed E-state index contributed by atoms with van der Waals surface area (Å²) >= 11 is 0. The number of methoxy groups -OCH3 is 1.